The molecule has 22 heavy (non-hydrogen) atoms. The van der Waals surface area contributed by atoms with Crippen molar-refractivity contribution in [1.29, 1.82) is 0 Å². The van der Waals surface area contributed by atoms with Crippen LogP contribution < -0.4 is 5.32 Å². The number of nitrogens with one attached hydrogen (secondary N) is 1. The predicted molar refractivity (Wildman–Crippen MR) is 84.0 cm³/mol. The number of amides is 1. The average molecular weight is 342 g/mol. The van der Waals surface area contributed by atoms with E-state index < -0.39 is 5.76 Å². The fourth-order valence-electron chi connectivity index (χ4n) is 2.14. The van der Waals surface area contributed by atoms with Crippen molar-refractivity contribution in [3.05, 3.63) is 52.4 Å². The van der Waals surface area contributed by atoms with Crippen molar-refractivity contribution in [3.8, 4) is 0 Å². The molecule has 114 valence electrons. The van der Waals surface area contributed by atoms with Gasteiger partial charge in [-0.25, -0.2) is 0 Å². The number of fused-ring (bicyclic) bond motifs is 1. The highest BCUT2D eigenvalue weighted by molar-refractivity contribution is 7.98. The quantitative estimate of drug-likeness (QED) is 0.806. The van der Waals surface area contributed by atoms with Crippen molar-refractivity contribution in [3.63, 3.8) is 0 Å². The first-order valence-electron chi connectivity index (χ1n) is 6.34. The second-order valence-electron chi connectivity index (χ2n) is 4.58. The molecule has 0 saturated heterocycles. The molecule has 3 nitrogen and oxygen atoms in total. The fourth-order valence-corrected chi connectivity index (χ4v) is 2.76. The molecule has 0 aliphatic carbocycles. The van der Waals surface area contributed by atoms with E-state index in [-0.39, 0.29) is 11.7 Å². The average Bonchev–Trinajstić information content (AvgIpc) is 3.03. The van der Waals surface area contributed by atoms with Crippen molar-refractivity contribution < 1.29 is 18.0 Å². The van der Waals surface area contributed by atoms with Gasteiger partial charge in [0.25, 0.3) is 11.7 Å². The van der Waals surface area contributed by atoms with Gasteiger partial charge in [0.2, 0.25) is 0 Å². The molecule has 1 aromatic heterocycles. The molecule has 1 amide bonds. The molecule has 2 heterocycles. The number of thioether (sulfide) groups is 1. The Hall–Kier alpha value is -1.79. The van der Waals surface area contributed by atoms with E-state index in [1.807, 2.05) is 0 Å². The molecule has 7 heteroatoms. The lowest BCUT2D eigenvalue weighted by atomic mass is 10.1. The molecule has 0 unspecified atom stereocenters. The van der Waals surface area contributed by atoms with Gasteiger partial charge < -0.3 is 9.73 Å². The molecule has 0 fully saturated rings. The zero-order chi connectivity index (χ0) is 15.7. The van der Waals surface area contributed by atoms with Crippen LogP contribution in [0, 0.1) is 0 Å². The normalized spacial score (nSPS) is 15.5. The molecule has 1 aromatic carbocycles. The zero-order valence-electron chi connectivity index (χ0n) is 11.1. The maximum Gasteiger partial charge on any atom is 0.284 e. The summed E-state index contributed by atoms with van der Waals surface area (Å²) >= 11 is 6.44. The van der Waals surface area contributed by atoms with Crippen LogP contribution in [0.2, 0.25) is 5.02 Å². The molecule has 1 aliphatic heterocycles. The van der Waals surface area contributed by atoms with Crippen molar-refractivity contribution >= 4 is 46.6 Å². The van der Waals surface area contributed by atoms with Crippen LogP contribution in [0.5, 0.6) is 0 Å². The summed E-state index contributed by atoms with van der Waals surface area (Å²) in [5.74, 6) is -1.75. The summed E-state index contributed by atoms with van der Waals surface area (Å²) in [7, 11) is 0. The number of hydrogen-bond donors (Lipinski definition) is 1. The second kappa shape index (κ2) is 6.14. The first kappa shape index (κ1) is 15.1. The Bertz CT molecular complexity index is 758. The van der Waals surface area contributed by atoms with Crippen LogP contribution in [-0.4, -0.2) is 11.7 Å². The van der Waals surface area contributed by atoms with Gasteiger partial charge in [0, 0.05) is 16.3 Å². The van der Waals surface area contributed by atoms with E-state index in [1.54, 1.807) is 36.4 Å². The number of carbonyl (C=O) groups is 1. The molecule has 0 saturated carbocycles. The van der Waals surface area contributed by atoms with E-state index >= 15 is 0 Å². The molecule has 0 spiro atoms. The van der Waals surface area contributed by atoms with Gasteiger partial charge in [-0.1, -0.05) is 23.4 Å². The van der Waals surface area contributed by atoms with E-state index in [0.29, 0.717) is 45.1 Å². The number of halogens is 3. The summed E-state index contributed by atoms with van der Waals surface area (Å²) in [6.07, 6.45) is 1.58. The van der Waals surface area contributed by atoms with Crippen LogP contribution in [0.25, 0.3) is 11.6 Å². The number of hydrogen-bond acceptors (Lipinski definition) is 3. The van der Waals surface area contributed by atoms with Gasteiger partial charge in [-0.05, 0) is 36.4 Å². The monoisotopic (exact) mass is 341 g/mol. The van der Waals surface area contributed by atoms with E-state index in [2.05, 4.69) is 5.32 Å². The Balaban J connectivity index is 1.87. The van der Waals surface area contributed by atoms with E-state index in [0.717, 1.165) is 0 Å². The number of alkyl halides is 2. The zero-order valence-corrected chi connectivity index (χ0v) is 12.7. The minimum atomic E-state index is -2.44. The maximum atomic E-state index is 12.2. The summed E-state index contributed by atoms with van der Waals surface area (Å²) in [4.78, 5) is 12.0. The van der Waals surface area contributed by atoms with Crippen molar-refractivity contribution in [1.82, 2.24) is 0 Å². The Morgan fingerprint density at radius 3 is 2.91 bits per heavy atom. The van der Waals surface area contributed by atoms with Crippen LogP contribution >= 0.6 is 23.4 Å². The highest BCUT2D eigenvalue weighted by Crippen LogP contribution is 2.35. The highest BCUT2D eigenvalue weighted by atomic mass is 35.5. The lowest BCUT2D eigenvalue weighted by Crippen LogP contribution is -2.03. The molecule has 0 bridgehead atoms. The lowest BCUT2D eigenvalue weighted by molar-refractivity contribution is -0.110. The topological polar surface area (TPSA) is 42.2 Å². The SMILES string of the molecule is O=C1Nc2ccc(Cl)cc2/C1=C/c1ccc(CSC(F)F)o1. The van der Waals surface area contributed by atoms with Crippen LogP contribution in [0.1, 0.15) is 17.1 Å². The van der Waals surface area contributed by atoms with Gasteiger partial charge in [0.1, 0.15) is 11.5 Å². The van der Waals surface area contributed by atoms with Gasteiger partial charge >= 0.3 is 0 Å². The van der Waals surface area contributed by atoms with Crippen molar-refractivity contribution in [2.24, 2.45) is 0 Å². The third-order valence-electron chi connectivity index (χ3n) is 3.09. The van der Waals surface area contributed by atoms with Crippen molar-refractivity contribution in [2.75, 3.05) is 5.32 Å². The summed E-state index contributed by atoms with van der Waals surface area (Å²) in [6, 6.07) is 8.37. The minimum Gasteiger partial charge on any atom is -0.461 e. The van der Waals surface area contributed by atoms with Gasteiger partial charge in [0.15, 0.2) is 0 Å². The van der Waals surface area contributed by atoms with E-state index in [1.165, 1.54) is 0 Å². The number of benzene rings is 1. The molecule has 2 aromatic rings. The number of furan rings is 1. The minimum absolute atomic E-state index is 0.0788. The van der Waals surface area contributed by atoms with Gasteiger partial charge in [0.05, 0.1) is 11.3 Å². The van der Waals surface area contributed by atoms with Gasteiger partial charge in [-0.2, -0.15) is 8.78 Å². The predicted octanol–water partition coefficient (Wildman–Crippen LogP) is 4.88. The van der Waals surface area contributed by atoms with Gasteiger partial charge in [-0.3, -0.25) is 4.79 Å². The molecular weight excluding hydrogens is 332 g/mol. The largest absolute Gasteiger partial charge is 0.461 e. The van der Waals surface area contributed by atoms with Crippen LogP contribution in [0.3, 0.4) is 0 Å². The number of rotatable bonds is 4. The Morgan fingerprint density at radius 2 is 2.14 bits per heavy atom. The summed E-state index contributed by atoms with van der Waals surface area (Å²) < 4.78 is 29.8. The fraction of sp³-hybridized carbons (Fsp3) is 0.133. The highest BCUT2D eigenvalue weighted by Gasteiger charge is 2.24. The first-order valence-corrected chi connectivity index (χ1v) is 7.77. The Morgan fingerprint density at radius 1 is 1.32 bits per heavy atom. The van der Waals surface area contributed by atoms with E-state index in [9.17, 15) is 13.6 Å². The third-order valence-corrected chi connectivity index (χ3v) is 4.02. The van der Waals surface area contributed by atoms with Gasteiger partial charge in [-0.15, -0.1) is 0 Å². The smallest absolute Gasteiger partial charge is 0.284 e. The number of anilines is 1. The Labute approximate surface area is 134 Å². The molecular formula is C15H10ClF2NO2S. The first-order chi connectivity index (χ1) is 10.5. The summed E-state index contributed by atoms with van der Waals surface area (Å²) in [5.41, 5.74) is 1.80. The molecule has 1 N–H and O–H groups in total. The lowest BCUT2D eigenvalue weighted by Gasteiger charge is -1.98. The Kier molecular flexibility index (Phi) is 4.22. The van der Waals surface area contributed by atoms with Crippen LogP contribution in [0.4, 0.5) is 14.5 Å². The summed E-state index contributed by atoms with van der Waals surface area (Å²) in [6.45, 7) is 0. The maximum absolute atomic E-state index is 12.2. The third kappa shape index (κ3) is 3.18. The standard InChI is InChI=1S/C15H10ClF2NO2S/c16-8-1-4-13-11(5-8)12(14(20)19-13)6-9-2-3-10(21-9)7-22-15(17)18/h1-6,15H,7H2,(H,19,20)/b12-6-. The molecule has 1 aliphatic rings. The molecule has 3 rings (SSSR count). The van der Waals surface area contributed by atoms with E-state index in [4.69, 9.17) is 16.0 Å². The van der Waals surface area contributed by atoms with Crippen LogP contribution in [0.15, 0.2) is 34.7 Å². The number of carbonyl (C=O) groups excluding carboxylic acids is 1. The molecule has 0 radical (unpaired) electrons. The van der Waals surface area contributed by atoms with Crippen molar-refractivity contribution in [2.45, 2.75) is 11.5 Å². The summed E-state index contributed by atoms with van der Waals surface area (Å²) in [5, 5.41) is 3.25. The second-order valence-corrected chi connectivity index (χ2v) is 5.99. The molecule has 0 atom stereocenters. The van der Waals surface area contributed by atoms with Crippen LogP contribution in [-0.2, 0) is 10.5 Å².